The summed E-state index contributed by atoms with van der Waals surface area (Å²) in [7, 11) is 7.94. The largest absolute Gasteiger partial charge is 0.378 e. The highest BCUT2D eigenvalue weighted by Crippen LogP contribution is 2.24. The lowest BCUT2D eigenvalue weighted by atomic mass is 10.0. The summed E-state index contributed by atoms with van der Waals surface area (Å²) in [5, 5.41) is 2.94. The number of aromatic amines is 1. The molecule has 7 heteroatoms. The number of ketones is 1. The van der Waals surface area contributed by atoms with E-state index in [1.807, 2.05) is 123 Å². The molecule has 0 fully saturated rings. The van der Waals surface area contributed by atoms with Crippen molar-refractivity contribution < 1.29 is 9.59 Å². The molecule has 0 saturated heterocycles. The van der Waals surface area contributed by atoms with Crippen LogP contribution in [0.4, 0.5) is 17.1 Å². The van der Waals surface area contributed by atoms with Crippen molar-refractivity contribution in [2.24, 2.45) is 0 Å². The minimum atomic E-state index is -0.215. The van der Waals surface area contributed by atoms with E-state index in [4.69, 9.17) is 0 Å². The maximum absolute atomic E-state index is 13.0. The number of rotatable bonds is 8. The van der Waals surface area contributed by atoms with Crippen molar-refractivity contribution in [3.05, 3.63) is 108 Å². The minimum Gasteiger partial charge on any atom is -0.378 e. The molecule has 1 aromatic heterocycles. The normalized spacial score (nSPS) is 10.9. The molecule has 4 aromatic carbocycles. The van der Waals surface area contributed by atoms with Crippen LogP contribution in [0, 0.1) is 0 Å². The zero-order valence-electron chi connectivity index (χ0n) is 22.5. The smallest absolute Gasteiger partial charge is 0.255 e. The summed E-state index contributed by atoms with van der Waals surface area (Å²) in [4.78, 5) is 37.7. The molecular formula is C32H31N5O2. The predicted octanol–water partition coefficient (Wildman–Crippen LogP) is 6.04. The van der Waals surface area contributed by atoms with Gasteiger partial charge >= 0.3 is 0 Å². The van der Waals surface area contributed by atoms with Gasteiger partial charge in [-0.3, -0.25) is 9.59 Å². The van der Waals surface area contributed by atoms with Gasteiger partial charge in [-0.1, -0.05) is 12.1 Å². The number of amides is 1. The summed E-state index contributed by atoms with van der Waals surface area (Å²) < 4.78 is 0. The van der Waals surface area contributed by atoms with Gasteiger partial charge in [-0.05, 0) is 84.4 Å². The standard InChI is InChI=1S/C32H31N5O2/c1-36(2)26-14-7-22(8-15-26)30(38)19-21-5-12-25(13-6-21)33-32(39)24-11-18-28-29(20-24)35-31(34-28)23-9-16-27(17-10-23)37(3)4/h5-18,20H,19H2,1-4H3,(H,33,39)(H,34,35). The van der Waals surface area contributed by atoms with Gasteiger partial charge in [0.05, 0.1) is 11.0 Å². The molecule has 5 aromatic rings. The van der Waals surface area contributed by atoms with E-state index in [1.54, 1.807) is 6.07 Å². The first kappa shape index (κ1) is 25.7. The Hall–Kier alpha value is -4.91. The third kappa shape index (κ3) is 5.83. The van der Waals surface area contributed by atoms with Crippen molar-refractivity contribution in [3.63, 3.8) is 0 Å². The molecule has 0 saturated carbocycles. The van der Waals surface area contributed by atoms with Gasteiger partial charge in [-0.25, -0.2) is 4.98 Å². The summed E-state index contributed by atoms with van der Waals surface area (Å²) in [6.45, 7) is 0. The summed E-state index contributed by atoms with van der Waals surface area (Å²) >= 11 is 0. The molecule has 196 valence electrons. The van der Waals surface area contributed by atoms with E-state index in [1.165, 1.54) is 0 Å². The van der Waals surface area contributed by atoms with E-state index in [9.17, 15) is 9.59 Å². The number of benzene rings is 4. The van der Waals surface area contributed by atoms with Crippen LogP contribution in [0.15, 0.2) is 91.0 Å². The number of H-pyrrole nitrogens is 1. The quantitative estimate of drug-likeness (QED) is 0.245. The molecule has 39 heavy (non-hydrogen) atoms. The molecule has 1 amide bonds. The Morgan fingerprint density at radius 3 is 1.95 bits per heavy atom. The Bertz CT molecular complexity index is 1620. The molecule has 0 aliphatic carbocycles. The Kier molecular flexibility index (Phi) is 7.14. The lowest BCUT2D eigenvalue weighted by Gasteiger charge is -2.12. The zero-order chi connectivity index (χ0) is 27.5. The van der Waals surface area contributed by atoms with Gasteiger partial charge in [-0.15, -0.1) is 0 Å². The van der Waals surface area contributed by atoms with Crippen LogP contribution < -0.4 is 15.1 Å². The number of aromatic nitrogens is 2. The first-order valence-corrected chi connectivity index (χ1v) is 12.8. The third-order valence-electron chi connectivity index (χ3n) is 6.68. The van der Waals surface area contributed by atoms with Gasteiger partial charge in [0.1, 0.15) is 5.82 Å². The maximum atomic E-state index is 13.0. The molecule has 0 atom stereocenters. The van der Waals surface area contributed by atoms with Crippen LogP contribution in [-0.4, -0.2) is 49.8 Å². The highest BCUT2D eigenvalue weighted by molar-refractivity contribution is 6.06. The highest BCUT2D eigenvalue weighted by Gasteiger charge is 2.12. The molecule has 0 radical (unpaired) electrons. The summed E-state index contributed by atoms with van der Waals surface area (Å²) in [6.07, 6.45) is 0.298. The van der Waals surface area contributed by atoms with Crippen LogP contribution in [0.1, 0.15) is 26.3 Å². The molecule has 7 nitrogen and oxygen atoms in total. The topological polar surface area (TPSA) is 81.3 Å². The van der Waals surface area contributed by atoms with Crippen LogP contribution in [-0.2, 0) is 6.42 Å². The number of fused-ring (bicyclic) bond motifs is 1. The lowest BCUT2D eigenvalue weighted by molar-refractivity contribution is 0.0990. The van der Waals surface area contributed by atoms with Crippen molar-refractivity contribution in [2.75, 3.05) is 43.3 Å². The van der Waals surface area contributed by atoms with Gasteiger partial charge < -0.3 is 20.1 Å². The summed E-state index contributed by atoms with van der Waals surface area (Å²) in [5.41, 5.74) is 7.49. The Balaban J connectivity index is 1.23. The van der Waals surface area contributed by atoms with Crippen molar-refractivity contribution >= 4 is 39.8 Å². The maximum Gasteiger partial charge on any atom is 0.255 e. The second kappa shape index (κ2) is 10.8. The number of imidazole rings is 1. The Morgan fingerprint density at radius 1 is 0.744 bits per heavy atom. The second-order valence-corrected chi connectivity index (χ2v) is 9.95. The molecule has 0 bridgehead atoms. The highest BCUT2D eigenvalue weighted by atomic mass is 16.1. The average Bonchev–Trinajstić information content (AvgIpc) is 3.38. The number of anilines is 3. The Labute approximate surface area is 228 Å². The first-order chi connectivity index (χ1) is 18.8. The average molecular weight is 518 g/mol. The van der Waals surface area contributed by atoms with E-state index in [-0.39, 0.29) is 11.7 Å². The van der Waals surface area contributed by atoms with Crippen molar-refractivity contribution in [2.45, 2.75) is 6.42 Å². The fraction of sp³-hybridized carbons (Fsp3) is 0.156. The zero-order valence-corrected chi connectivity index (χ0v) is 22.5. The van der Waals surface area contributed by atoms with E-state index < -0.39 is 0 Å². The SMILES string of the molecule is CN(C)c1ccc(C(=O)Cc2ccc(NC(=O)c3ccc4nc(-c5ccc(N(C)C)cc5)[nH]c4c3)cc2)cc1. The summed E-state index contributed by atoms with van der Waals surface area (Å²) in [6, 6.07) is 28.5. The number of carbonyl (C=O) groups is 2. The van der Waals surface area contributed by atoms with E-state index >= 15 is 0 Å². The van der Waals surface area contributed by atoms with Crippen molar-refractivity contribution in [3.8, 4) is 11.4 Å². The summed E-state index contributed by atoms with van der Waals surface area (Å²) in [5.74, 6) is 0.595. The van der Waals surface area contributed by atoms with Crippen LogP contribution in [0.3, 0.4) is 0 Å². The van der Waals surface area contributed by atoms with E-state index in [2.05, 4.69) is 15.3 Å². The fourth-order valence-electron chi connectivity index (χ4n) is 4.35. The van der Waals surface area contributed by atoms with Crippen LogP contribution in [0.2, 0.25) is 0 Å². The van der Waals surface area contributed by atoms with Crippen LogP contribution in [0.5, 0.6) is 0 Å². The number of nitrogens with zero attached hydrogens (tertiary/aromatic N) is 3. The van der Waals surface area contributed by atoms with E-state index in [0.717, 1.165) is 39.4 Å². The van der Waals surface area contributed by atoms with Crippen molar-refractivity contribution in [1.82, 2.24) is 9.97 Å². The molecule has 0 aliphatic rings. The minimum absolute atomic E-state index is 0.0537. The van der Waals surface area contributed by atoms with Gasteiger partial charge in [-0.2, -0.15) is 0 Å². The molecule has 5 rings (SSSR count). The number of carbonyl (C=O) groups excluding carboxylic acids is 2. The van der Waals surface area contributed by atoms with Crippen molar-refractivity contribution in [1.29, 1.82) is 0 Å². The second-order valence-electron chi connectivity index (χ2n) is 9.95. The Morgan fingerprint density at radius 2 is 1.33 bits per heavy atom. The van der Waals surface area contributed by atoms with Crippen LogP contribution >= 0.6 is 0 Å². The van der Waals surface area contributed by atoms with Crippen LogP contribution in [0.25, 0.3) is 22.4 Å². The molecule has 2 N–H and O–H groups in total. The van der Waals surface area contributed by atoms with Gasteiger partial charge in [0.2, 0.25) is 0 Å². The monoisotopic (exact) mass is 517 g/mol. The lowest BCUT2D eigenvalue weighted by Crippen LogP contribution is -2.12. The van der Waals surface area contributed by atoms with Gasteiger partial charge in [0, 0.05) is 68.4 Å². The predicted molar refractivity (Wildman–Crippen MR) is 159 cm³/mol. The van der Waals surface area contributed by atoms with Gasteiger partial charge in [0.25, 0.3) is 5.91 Å². The third-order valence-corrected chi connectivity index (χ3v) is 6.68. The number of Topliss-reactive ketones (excluding diaryl/α,β-unsaturated/α-hetero) is 1. The molecule has 0 spiro atoms. The number of hydrogen-bond donors (Lipinski definition) is 2. The first-order valence-electron chi connectivity index (χ1n) is 12.8. The molecular weight excluding hydrogens is 486 g/mol. The fourth-order valence-corrected chi connectivity index (χ4v) is 4.35. The molecule has 0 aliphatic heterocycles. The molecule has 0 unspecified atom stereocenters. The number of hydrogen-bond acceptors (Lipinski definition) is 5. The van der Waals surface area contributed by atoms with Gasteiger partial charge in [0.15, 0.2) is 5.78 Å². The van der Waals surface area contributed by atoms with E-state index in [0.29, 0.717) is 23.2 Å². The molecule has 1 heterocycles. The number of nitrogens with one attached hydrogen (secondary N) is 2.